The van der Waals surface area contributed by atoms with Gasteiger partial charge in [0.25, 0.3) is 0 Å². The van der Waals surface area contributed by atoms with Crippen molar-refractivity contribution in [3.63, 3.8) is 0 Å². The van der Waals surface area contributed by atoms with Crippen LogP contribution in [0.2, 0.25) is 0 Å². The first kappa shape index (κ1) is 17.1. The van der Waals surface area contributed by atoms with Gasteiger partial charge in [-0.1, -0.05) is 0 Å². The summed E-state index contributed by atoms with van der Waals surface area (Å²) in [4.78, 5) is 26.1. The molecule has 8 nitrogen and oxygen atoms in total. The Kier molecular flexibility index (Phi) is 5.60. The van der Waals surface area contributed by atoms with Gasteiger partial charge in [0.1, 0.15) is 5.82 Å². The molecule has 8 heteroatoms. The van der Waals surface area contributed by atoms with Crippen LogP contribution in [-0.2, 0) is 0 Å². The molecular formula is C16H25N5O3. The number of carboxylic acid groups (broad SMARTS) is 1. The van der Waals surface area contributed by atoms with Gasteiger partial charge in [0.2, 0.25) is 0 Å². The molecule has 0 radical (unpaired) electrons. The summed E-state index contributed by atoms with van der Waals surface area (Å²) >= 11 is 0. The summed E-state index contributed by atoms with van der Waals surface area (Å²) in [6, 6.07) is 0.601. The number of aliphatic hydroxyl groups excluding tert-OH is 1. The van der Waals surface area contributed by atoms with Crippen LogP contribution in [0.3, 0.4) is 0 Å². The molecule has 0 unspecified atom stereocenters. The fourth-order valence-electron chi connectivity index (χ4n) is 3.55. The molecule has 3 rings (SSSR count). The van der Waals surface area contributed by atoms with E-state index in [0.717, 1.165) is 64.5 Å². The van der Waals surface area contributed by atoms with Crippen molar-refractivity contribution < 1.29 is 15.0 Å². The Labute approximate surface area is 141 Å². The van der Waals surface area contributed by atoms with Gasteiger partial charge >= 0.3 is 5.97 Å². The molecule has 0 amide bonds. The lowest BCUT2D eigenvalue weighted by atomic mass is 10.0. The Morgan fingerprint density at radius 1 is 1.08 bits per heavy atom. The fraction of sp³-hybridized carbons (Fsp3) is 0.688. The fourth-order valence-corrected chi connectivity index (χ4v) is 3.55. The van der Waals surface area contributed by atoms with Crippen LogP contribution in [0.5, 0.6) is 0 Å². The summed E-state index contributed by atoms with van der Waals surface area (Å²) in [6.45, 7) is 7.05. The zero-order valence-corrected chi connectivity index (χ0v) is 13.8. The number of carboxylic acids is 1. The number of hydrogen-bond acceptors (Lipinski definition) is 7. The van der Waals surface area contributed by atoms with Crippen molar-refractivity contribution >= 4 is 11.8 Å². The van der Waals surface area contributed by atoms with Crippen LogP contribution in [0.15, 0.2) is 12.4 Å². The lowest BCUT2D eigenvalue weighted by molar-refractivity contribution is 0.0690. The van der Waals surface area contributed by atoms with Crippen LogP contribution >= 0.6 is 0 Å². The third-order valence-electron chi connectivity index (χ3n) is 4.99. The molecule has 3 heterocycles. The molecule has 2 saturated heterocycles. The summed E-state index contributed by atoms with van der Waals surface area (Å²) in [5.41, 5.74) is -0.0191. The Hall–Kier alpha value is -1.77. The Morgan fingerprint density at radius 3 is 2.33 bits per heavy atom. The highest BCUT2D eigenvalue weighted by Crippen LogP contribution is 2.21. The largest absolute Gasteiger partial charge is 0.476 e. The highest BCUT2D eigenvalue weighted by atomic mass is 16.4. The van der Waals surface area contributed by atoms with Crippen molar-refractivity contribution in [3.05, 3.63) is 18.1 Å². The molecule has 0 aliphatic carbocycles. The maximum Gasteiger partial charge on any atom is 0.356 e. The van der Waals surface area contributed by atoms with Crippen LogP contribution in [0.25, 0.3) is 0 Å². The molecule has 2 N–H and O–H groups in total. The molecule has 24 heavy (non-hydrogen) atoms. The number of β-amino-alcohol motifs (C(OH)–C–C–N with tert-alkyl or cyclic N) is 1. The second-order valence-corrected chi connectivity index (χ2v) is 6.38. The van der Waals surface area contributed by atoms with Gasteiger partial charge in [0.15, 0.2) is 5.69 Å². The van der Waals surface area contributed by atoms with Gasteiger partial charge in [0, 0.05) is 51.9 Å². The van der Waals surface area contributed by atoms with Crippen LogP contribution in [0.4, 0.5) is 5.82 Å². The monoisotopic (exact) mass is 335 g/mol. The van der Waals surface area contributed by atoms with Gasteiger partial charge in [-0.3, -0.25) is 9.80 Å². The molecule has 0 atom stereocenters. The lowest BCUT2D eigenvalue weighted by Crippen LogP contribution is -2.53. The van der Waals surface area contributed by atoms with Crippen molar-refractivity contribution in [1.29, 1.82) is 0 Å². The number of piperazine rings is 1. The molecule has 0 saturated carbocycles. The van der Waals surface area contributed by atoms with Crippen LogP contribution < -0.4 is 4.90 Å². The Bertz CT molecular complexity index is 537. The minimum absolute atomic E-state index is 0.0191. The maximum atomic E-state index is 10.8. The van der Waals surface area contributed by atoms with E-state index in [1.807, 2.05) is 0 Å². The van der Waals surface area contributed by atoms with E-state index in [0.29, 0.717) is 6.04 Å². The third kappa shape index (κ3) is 4.00. The standard InChI is InChI=1S/C16H25N5O3/c22-10-9-19-5-7-20(8-6-19)13-1-3-21(4-2-13)15-12-17-14(11-18-15)16(23)24/h11-13,22H,1-10H2,(H,23,24). The number of carbonyl (C=O) groups is 1. The van der Waals surface area contributed by atoms with Crippen molar-refractivity contribution in [2.24, 2.45) is 0 Å². The topological polar surface area (TPSA) is 93.0 Å². The number of anilines is 1. The first-order chi connectivity index (χ1) is 11.7. The summed E-state index contributed by atoms with van der Waals surface area (Å²) in [6.07, 6.45) is 5.05. The minimum Gasteiger partial charge on any atom is -0.476 e. The number of hydrogen-bond donors (Lipinski definition) is 2. The van der Waals surface area contributed by atoms with Crippen molar-refractivity contribution in [2.75, 3.05) is 57.3 Å². The normalized spacial score (nSPS) is 21.1. The molecule has 132 valence electrons. The van der Waals surface area contributed by atoms with Gasteiger partial charge < -0.3 is 15.1 Å². The third-order valence-corrected chi connectivity index (χ3v) is 4.99. The second-order valence-electron chi connectivity index (χ2n) is 6.38. The van der Waals surface area contributed by atoms with E-state index in [-0.39, 0.29) is 12.3 Å². The molecule has 0 spiro atoms. The lowest BCUT2D eigenvalue weighted by Gasteiger charge is -2.42. The van der Waals surface area contributed by atoms with Crippen molar-refractivity contribution in [1.82, 2.24) is 19.8 Å². The summed E-state index contributed by atoms with van der Waals surface area (Å²) in [5, 5.41) is 17.9. The SMILES string of the molecule is O=C(O)c1cnc(N2CCC(N3CCN(CCO)CC3)CC2)cn1. The first-order valence-electron chi connectivity index (χ1n) is 8.55. The number of aromatic carboxylic acids is 1. The highest BCUT2D eigenvalue weighted by molar-refractivity contribution is 5.84. The summed E-state index contributed by atoms with van der Waals surface area (Å²) < 4.78 is 0. The van der Waals surface area contributed by atoms with Gasteiger partial charge in [-0.15, -0.1) is 0 Å². The van der Waals surface area contributed by atoms with Crippen LogP contribution in [0, 0.1) is 0 Å². The number of piperidine rings is 1. The molecule has 2 aliphatic heterocycles. The zero-order valence-electron chi connectivity index (χ0n) is 13.8. The van der Waals surface area contributed by atoms with Crippen LogP contribution in [0.1, 0.15) is 23.3 Å². The smallest absolute Gasteiger partial charge is 0.356 e. The highest BCUT2D eigenvalue weighted by Gasteiger charge is 2.27. The molecule has 0 aromatic carbocycles. The Morgan fingerprint density at radius 2 is 1.79 bits per heavy atom. The van der Waals surface area contributed by atoms with E-state index in [2.05, 4.69) is 24.7 Å². The van der Waals surface area contributed by atoms with Gasteiger partial charge in [-0.2, -0.15) is 0 Å². The summed E-state index contributed by atoms with van der Waals surface area (Å²) in [5.74, 6) is -0.292. The zero-order chi connectivity index (χ0) is 16.9. The van der Waals surface area contributed by atoms with E-state index >= 15 is 0 Å². The molecule has 2 aliphatic rings. The van der Waals surface area contributed by atoms with Gasteiger partial charge in [-0.05, 0) is 12.8 Å². The average Bonchev–Trinajstić information content (AvgIpc) is 2.63. The van der Waals surface area contributed by atoms with Gasteiger partial charge in [-0.25, -0.2) is 14.8 Å². The number of aliphatic hydroxyl groups is 1. The number of rotatable bonds is 5. The quantitative estimate of drug-likeness (QED) is 0.761. The van der Waals surface area contributed by atoms with Crippen molar-refractivity contribution in [3.8, 4) is 0 Å². The molecular weight excluding hydrogens is 310 g/mol. The van der Waals surface area contributed by atoms with E-state index in [4.69, 9.17) is 10.2 Å². The molecule has 2 fully saturated rings. The number of aromatic nitrogens is 2. The predicted octanol–water partition coefficient (Wildman–Crippen LogP) is -0.246. The minimum atomic E-state index is -1.05. The number of nitrogens with zero attached hydrogens (tertiary/aromatic N) is 5. The second kappa shape index (κ2) is 7.87. The van der Waals surface area contributed by atoms with E-state index in [1.54, 1.807) is 6.20 Å². The molecule has 0 bridgehead atoms. The Balaban J connectivity index is 1.48. The average molecular weight is 335 g/mol. The van der Waals surface area contributed by atoms with Gasteiger partial charge in [0.05, 0.1) is 19.0 Å². The van der Waals surface area contributed by atoms with E-state index < -0.39 is 5.97 Å². The van der Waals surface area contributed by atoms with E-state index in [9.17, 15) is 4.79 Å². The van der Waals surface area contributed by atoms with E-state index in [1.165, 1.54) is 6.20 Å². The van der Waals surface area contributed by atoms with Crippen LogP contribution in [-0.4, -0.2) is 94.4 Å². The first-order valence-corrected chi connectivity index (χ1v) is 8.55. The summed E-state index contributed by atoms with van der Waals surface area (Å²) in [7, 11) is 0. The molecule has 1 aromatic rings. The molecule has 1 aromatic heterocycles. The predicted molar refractivity (Wildman–Crippen MR) is 89.3 cm³/mol. The maximum absolute atomic E-state index is 10.8. The van der Waals surface area contributed by atoms with Crippen molar-refractivity contribution in [2.45, 2.75) is 18.9 Å².